The molecule has 1 aliphatic carbocycles. The zero-order valence-electron chi connectivity index (χ0n) is 9.35. The first-order chi connectivity index (χ1) is 7.70. The van der Waals surface area contributed by atoms with Crippen molar-refractivity contribution in [2.75, 3.05) is 6.54 Å². The average molecular weight is 240 g/mol. The number of carbonyl (C=O) groups is 1. The van der Waals surface area contributed by atoms with Crippen LogP contribution in [0.25, 0.3) is 0 Å². The predicted molar refractivity (Wildman–Crippen MR) is 62.8 cm³/mol. The van der Waals surface area contributed by atoms with E-state index < -0.39 is 5.97 Å². The molecule has 0 radical (unpaired) electrons. The van der Waals surface area contributed by atoms with Crippen LogP contribution >= 0.6 is 11.3 Å². The van der Waals surface area contributed by atoms with Crippen LogP contribution in [0.15, 0.2) is 5.38 Å². The molecular weight excluding hydrogens is 224 g/mol. The monoisotopic (exact) mass is 240 g/mol. The van der Waals surface area contributed by atoms with Gasteiger partial charge in [0.15, 0.2) is 0 Å². The van der Waals surface area contributed by atoms with Gasteiger partial charge < -0.3 is 5.11 Å². The van der Waals surface area contributed by atoms with E-state index in [1.807, 2.05) is 5.38 Å². The van der Waals surface area contributed by atoms with Crippen molar-refractivity contribution in [1.82, 2.24) is 9.88 Å². The average Bonchev–Trinajstić information content (AvgIpc) is 2.98. The van der Waals surface area contributed by atoms with Crippen LogP contribution in [0.1, 0.15) is 41.7 Å². The highest BCUT2D eigenvalue weighted by Gasteiger charge is 2.28. The summed E-state index contributed by atoms with van der Waals surface area (Å²) in [5, 5.41) is 10.8. The van der Waals surface area contributed by atoms with Gasteiger partial charge in [0, 0.05) is 18.0 Å². The minimum atomic E-state index is -0.926. The molecule has 0 aliphatic heterocycles. The van der Waals surface area contributed by atoms with Gasteiger partial charge >= 0.3 is 5.97 Å². The van der Waals surface area contributed by atoms with Gasteiger partial charge in [0.25, 0.3) is 0 Å². The van der Waals surface area contributed by atoms with Crippen molar-refractivity contribution in [2.45, 2.75) is 38.8 Å². The lowest BCUT2D eigenvalue weighted by Gasteiger charge is -2.19. The molecule has 0 aromatic carbocycles. The maximum Gasteiger partial charge on any atom is 0.365 e. The second kappa shape index (κ2) is 4.93. The van der Waals surface area contributed by atoms with E-state index >= 15 is 0 Å². The second-order valence-corrected chi connectivity index (χ2v) is 5.01. The van der Waals surface area contributed by atoms with E-state index in [1.54, 1.807) is 0 Å². The Balaban J connectivity index is 1.97. The Morgan fingerprint density at radius 1 is 1.69 bits per heavy atom. The molecule has 0 amide bonds. The fourth-order valence-corrected chi connectivity index (χ4v) is 2.45. The van der Waals surface area contributed by atoms with Crippen molar-refractivity contribution in [1.29, 1.82) is 0 Å². The molecule has 1 heterocycles. The van der Waals surface area contributed by atoms with E-state index in [9.17, 15) is 4.79 Å². The molecular formula is C11H16N2O2S. The van der Waals surface area contributed by atoms with Crippen molar-refractivity contribution < 1.29 is 9.90 Å². The molecule has 4 nitrogen and oxygen atoms in total. The largest absolute Gasteiger partial charge is 0.476 e. The molecule has 2 rings (SSSR count). The topological polar surface area (TPSA) is 53.4 Å². The highest BCUT2D eigenvalue weighted by atomic mass is 32.1. The number of hydrogen-bond acceptors (Lipinski definition) is 4. The first-order valence-electron chi connectivity index (χ1n) is 5.62. The SMILES string of the molecule is CCCN(Cc1csc(C(=O)O)n1)C1CC1. The summed E-state index contributed by atoms with van der Waals surface area (Å²) in [6, 6.07) is 0.704. The number of rotatable bonds is 6. The van der Waals surface area contributed by atoms with Crippen LogP contribution in [0.4, 0.5) is 0 Å². The van der Waals surface area contributed by atoms with Gasteiger partial charge in [-0.3, -0.25) is 4.90 Å². The van der Waals surface area contributed by atoms with Gasteiger partial charge in [-0.1, -0.05) is 6.92 Å². The Labute approximate surface area is 98.9 Å². The summed E-state index contributed by atoms with van der Waals surface area (Å²) in [7, 11) is 0. The second-order valence-electron chi connectivity index (χ2n) is 4.15. The van der Waals surface area contributed by atoms with E-state index in [2.05, 4.69) is 16.8 Å². The normalized spacial score (nSPS) is 15.6. The minimum absolute atomic E-state index is 0.197. The number of nitrogens with zero attached hydrogens (tertiary/aromatic N) is 2. The number of carboxylic acid groups (broad SMARTS) is 1. The Morgan fingerprint density at radius 3 is 2.94 bits per heavy atom. The molecule has 16 heavy (non-hydrogen) atoms. The lowest BCUT2D eigenvalue weighted by Crippen LogP contribution is -2.26. The number of aromatic carboxylic acids is 1. The maximum atomic E-state index is 10.7. The van der Waals surface area contributed by atoms with Gasteiger partial charge in [-0.05, 0) is 25.8 Å². The summed E-state index contributed by atoms with van der Waals surface area (Å²) in [4.78, 5) is 17.2. The zero-order valence-corrected chi connectivity index (χ0v) is 10.2. The standard InChI is InChI=1S/C11H16N2O2S/c1-2-5-13(9-3-4-9)6-8-7-16-10(12-8)11(14)15/h7,9H,2-6H2,1H3,(H,14,15). The van der Waals surface area contributed by atoms with Crippen LogP contribution in [0, 0.1) is 0 Å². The van der Waals surface area contributed by atoms with Crippen LogP contribution in [-0.4, -0.2) is 33.5 Å². The third-order valence-corrected chi connectivity index (χ3v) is 3.55. The minimum Gasteiger partial charge on any atom is -0.476 e. The number of aromatic nitrogens is 1. The summed E-state index contributed by atoms with van der Waals surface area (Å²) in [5.41, 5.74) is 0.891. The fraction of sp³-hybridized carbons (Fsp3) is 0.636. The Morgan fingerprint density at radius 2 is 2.44 bits per heavy atom. The van der Waals surface area contributed by atoms with E-state index in [4.69, 9.17) is 5.11 Å². The van der Waals surface area contributed by atoms with E-state index in [-0.39, 0.29) is 5.01 Å². The zero-order chi connectivity index (χ0) is 11.5. The lowest BCUT2D eigenvalue weighted by atomic mass is 10.3. The lowest BCUT2D eigenvalue weighted by molar-refractivity contribution is 0.0696. The smallest absolute Gasteiger partial charge is 0.365 e. The van der Waals surface area contributed by atoms with Gasteiger partial charge in [0.1, 0.15) is 0 Å². The van der Waals surface area contributed by atoms with Gasteiger partial charge in [0.05, 0.1) is 5.69 Å². The first kappa shape index (κ1) is 11.5. The molecule has 0 atom stereocenters. The van der Waals surface area contributed by atoms with Crippen LogP contribution < -0.4 is 0 Å². The molecule has 0 unspecified atom stereocenters. The summed E-state index contributed by atoms with van der Waals surface area (Å²) in [6.07, 6.45) is 3.68. The van der Waals surface area contributed by atoms with Crippen molar-refractivity contribution in [3.63, 3.8) is 0 Å². The van der Waals surface area contributed by atoms with E-state index in [0.717, 1.165) is 25.2 Å². The predicted octanol–water partition coefficient (Wildman–Crippen LogP) is 2.22. The molecule has 1 aromatic heterocycles. The summed E-state index contributed by atoms with van der Waals surface area (Å²) >= 11 is 1.21. The molecule has 0 saturated heterocycles. The highest BCUT2D eigenvalue weighted by Crippen LogP contribution is 2.28. The Hall–Kier alpha value is -0.940. The summed E-state index contributed by atoms with van der Waals surface area (Å²) < 4.78 is 0. The van der Waals surface area contributed by atoms with Crippen LogP contribution in [0.2, 0.25) is 0 Å². The highest BCUT2D eigenvalue weighted by molar-refractivity contribution is 7.11. The first-order valence-corrected chi connectivity index (χ1v) is 6.50. The number of thiazole rings is 1. The molecule has 1 saturated carbocycles. The van der Waals surface area contributed by atoms with Gasteiger partial charge in [-0.2, -0.15) is 0 Å². The molecule has 1 aliphatic rings. The summed E-state index contributed by atoms with van der Waals surface area (Å²) in [5.74, 6) is -0.926. The summed E-state index contributed by atoms with van der Waals surface area (Å²) in [6.45, 7) is 4.03. The molecule has 1 N–H and O–H groups in total. The quantitative estimate of drug-likeness (QED) is 0.828. The molecule has 88 valence electrons. The third-order valence-electron chi connectivity index (χ3n) is 2.67. The van der Waals surface area contributed by atoms with Crippen molar-refractivity contribution in [3.05, 3.63) is 16.1 Å². The Kier molecular flexibility index (Phi) is 3.56. The fourth-order valence-electron chi connectivity index (χ4n) is 1.80. The van der Waals surface area contributed by atoms with Crippen molar-refractivity contribution >= 4 is 17.3 Å². The molecule has 0 spiro atoms. The maximum absolute atomic E-state index is 10.7. The van der Waals surface area contributed by atoms with Crippen molar-refractivity contribution in [2.24, 2.45) is 0 Å². The van der Waals surface area contributed by atoms with E-state index in [1.165, 1.54) is 24.2 Å². The molecule has 1 fully saturated rings. The van der Waals surface area contributed by atoms with Crippen LogP contribution in [0.5, 0.6) is 0 Å². The van der Waals surface area contributed by atoms with Crippen LogP contribution in [0.3, 0.4) is 0 Å². The van der Waals surface area contributed by atoms with Gasteiger partial charge in [-0.15, -0.1) is 11.3 Å². The van der Waals surface area contributed by atoms with E-state index in [0.29, 0.717) is 6.04 Å². The molecule has 0 bridgehead atoms. The molecule has 5 heteroatoms. The van der Waals surface area contributed by atoms with Crippen LogP contribution in [-0.2, 0) is 6.54 Å². The van der Waals surface area contributed by atoms with Gasteiger partial charge in [-0.25, -0.2) is 9.78 Å². The van der Waals surface area contributed by atoms with Gasteiger partial charge in [0.2, 0.25) is 5.01 Å². The third kappa shape index (κ3) is 2.80. The number of carboxylic acids is 1. The Bertz CT molecular complexity index is 374. The molecule has 1 aromatic rings. The number of hydrogen-bond donors (Lipinski definition) is 1. The van der Waals surface area contributed by atoms with Crippen molar-refractivity contribution in [3.8, 4) is 0 Å².